The van der Waals surface area contributed by atoms with Crippen LogP contribution in [0.3, 0.4) is 0 Å². The third kappa shape index (κ3) is 17.4. The number of halogens is 4. The molecule has 0 saturated carbocycles. The molecule has 0 aromatic heterocycles. The van der Waals surface area contributed by atoms with E-state index in [-0.39, 0.29) is 29.2 Å². The van der Waals surface area contributed by atoms with Crippen molar-refractivity contribution >= 4 is 89.5 Å². The molecule has 12 rings (SSSR count). The number of nitrogens with zero attached hydrogens (tertiary/aromatic N) is 7. The van der Waals surface area contributed by atoms with Gasteiger partial charge in [-0.15, -0.1) is 11.8 Å². The third-order valence-corrected chi connectivity index (χ3v) is 24.8. The van der Waals surface area contributed by atoms with E-state index in [1.807, 2.05) is 59.3 Å². The van der Waals surface area contributed by atoms with Gasteiger partial charge in [0.2, 0.25) is 11.8 Å². The minimum absolute atomic E-state index is 0.0151. The summed E-state index contributed by atoms with van der Waals surface area (Å²) in [7, 11) is -11.0. The zero-order chi connectivity index (χ0) is 68.8. The quantitative estimate of drug-likeness (QED) is 0.0436. The molecule has 3 N–H and O–H groups in total. The second-order valence-electron chi connectivity index (χ2n) is 27.6. The summed E-state index contributed by atoms with van der Waals surface area (Å²) in [4.78, 5) is 66.5. The molecule has 4 amide bonds. The number of piperazine rings is 1. The fraction of sp³-hybridized carbons (Fsp3) is 0.500. The lowest BCUT2D eigenvalue weighted by atomic mass is 9.71. The summed E-state index contributed by atoms with van der Waals surface area (Å²) in [5, 5.41) is 6.12. The number of allylic oxidation sites excluding steroid dienone is 1. The fourth-order valence-corrected chi connectivity index (χ4v) is 18.3. The average Bonchev–Trinajstić information content (AvgIpc) is 1.62. The largest absolute Gasteiger partial charge is 0.501 e. The number of carbonyl (C=O) groups is 4. The van der Waals surface area contributed by atoms with Gasteiger partial charge in [0, 0.05) is 149 Å². The molecule has 3 atom stereocenters. The van der Waals surface area contributed by atoms with Crippen molar-refractivity contribution in [2.75, 3.05) is 139 Å². The molecule has 5 saturated heterocycles. The number of ether oxygens (including phenoxy) is 1. The molecule has 0 spiro atoms. The van der Waals surface area contributed by atoms with E-state index in [0.29, 0.717) is 87.1 Å². The molecule has 0 bridgehead atoms. The van der Waals surface area contributed by atoms with Crippen molar-refractivity contribution in [2.24, 2.45) is 11.3 Å². The number of sulfone groups is 1. The third-order valence-electron chi connectivity index (χ3n) is 20.6. The maximum Gasteiger partial charge on any atom is 0.501 e. The number of alkyl halides is 3. The average molecular weight is 1430 g/mol. The maximum absolute atomic E-state index is 14.4. The van der Waals surface area contributed by atoms with Gasteiger partial charge in [-0.1, -0.05) is 54.4 Å². The van der Waals surface area contributed by atoms with E-state index in [0.717, 1.165) is 157 Å². The van der Waals surface area contributed by atoms with E-state index in [1.54, 1.807) is 17.0 Å². The van der Waals surface area contributed by atoms with E-state index < -0.39 is 64.7 Å². The van der Waals surface area contributed by atoms with Gasteiger partial charge in [-0.25, -0.2) is 21.6 Å². The highest BCUT2D eigenvalue weighted by Crippen LogP contribution is 2.45. The molecule has 19 nitrogen and oxygen atoms in total. The predicted octanol–water partition coefficient (Wildman–Crippen LogP) is 9.89. The van der Waals surface area contributed by atoms with Gasteiger partial charge in [-0.3, -0.25) is 29.4 Å². The molecule has 5 aromatic carbocycles. The van der Waals surface area contributed by atoms with Gasteiger partial charge in [-0.2, -0.15) is 13.2 Å². The van der Waals surface area contributed by atoms with E-state index in [2.05, 4.69) is 65.2 Å². The number of sulfonamides is 1. The first kappa shape index (κ1) is 71.3. The van der Waals surface area contributed by atoms with Crippen LogP contribution in [0.25, 0.3) is 5.57 Å². The summed E-state index contributed by atoms with van der Waals surface area (Å²) in [5.41, 5.74) is 1.43. The normalized spacial score (nSPS) is 22.2. The molecule has 5 fully saturated rings. The zero-order valence-electron chi connectivity index (χ0n) is 55.5. The highest BCUT2D eigenvalue weighted by Gasteiger charge is 2.49. The van der Waals surface area contributed by atoms with Crippen LogP contribution in [0.1, 0.15) is 103 Å². The number of hydrogen-bond donors (Lipinski definition) is 3. The number of benzene rings is 5. The first-order chi connectivity index (χ1) is 47.0. The molecule has 7 aliphatic rings. The lowest BCUT2D eigenvalue weighted by Gasteiger charge is -2.44. The van der Waals surface area contributed by atoms with Crippen molar-refractivity contribution in [2.45, 2.75) is 110 Å². The predicted molar refractivity (Wildman–Crippen MR) is 376 cm³/mol. The highest BCUT2D eigenvalue weighted by atomic mass is 35.5. The van der Waals surface area contributed by atoms with Crippen LogP contribution >= 0.6 is 23.4 Å². The van der Waals surface area contributed by atoms with Gasteiger partial charge in [0.25, 0.3) is 31.7 Å². The standard InChI is InChI=1S/C72H88ClF3N10O9S3/c1-71(50-83-31-24-51(25-32-83)46-81-28-5-30-84(37-34-81)59-17-19-63-54(43-59)48-86(70(63)90)65-21-22-67(87)78-69(65)89)27-23-62(52-9-13-56(73)14-10-52)55(45-71)47-82-35-38-85(39-36-82)58-15-11-53(12-16-58)68(88)79-98(93,94)61-18-20-64(66(44-61)97(91,92)72(74,75)76)77-57(49-96-60-7-3-2-4-8-60)26-33-80-29-6-41-95-42-40-80/h2-4,7-20,43-44,51,57,65,77H,5-6,21-42,45-50H2,1H3,(H,79,88)(H,78,87,89)/t57-,65?,71-/m1/s1. The summed E-state index contributed by atoms with van der Waals surface area (Å²) in [6.45, 7) is 17.9. The number of imide groups is 1. The number of amides is 4. The van der Waals surface area contributed by atoms with Gasteiger partial charge >= 0.3 is 5.51 Å². The molecular weight excluding hydrogens is 1340 g/mol. The minimum Gasteiger partial charge on any atom is -0.380 e. The number of rotatable bonds is 22. The summed E-state index contributed by atoms with van der Waals surface area (Å²) < 4.78 is 105. The molecular formula is C72H88ClF3N10O9S3. The van der Waals surface area contributed by atoms with Crippen molar-refractivity contribution in [3.63, 3.8) is 0 Å². The van der Waals surface area contributed by atoms with Crippen LogP contribution in [0.5, 0.6) is 0 Å². The first-order valence-corrected chi connectivity index (χ1v) is 38.6. The number of likely N-dealkylation sites (tertiary alicyclic amines) is 1. The van der Waals surface area contributed by atoms with Crippen molar-refractivity contribution in [1.29, 1.82) is 0 Å². The molecule has 6 aliphatic heterocycles. The Morgan fingerprint density at radius 1 is 0.745 bits per heavy atom. The Labute approximate surface area is 582 Å². The molecule has 26 heteroatoms. The second kappa shape index (κ2) is 31.1. The van der Waals surface area contributed by atoms with Crippen molar-refractivity contribution in [1.82, 2.24) is 34.5 Å². The first-order valence-electron chi connectivity index (χ1n) is 34.3. The van der Waals surface area contributed by atoms with Crippen LogP contribution in [0.2, 0.25) is 5.02 Å². The topological polar surface area (TPSA) is 205 Å². The van der Waals surface area contributed by atoms with Gasteiger partial charge in [0.05, 0.1) is 17.2 Å². The minimum atomic E-state index is -6.10. The second-order valence-corrected chi connectivity index (χ2v) is 32.7. The number of anilines is 3. The zero-order valence-corrected chi connectivity index (χ0v) is 58.7. The van der Waals surface area contributed by atoms with E-state index in [4.69, 9.17) is 16.3 Å². The Balaban J connectivity index is 0.629. The van der Waals surface area contributed by atoms with Crippen molar-refractivity contribution in [3.8, 4) is 0 Å². The molecule has 1 aliphatic carbocycles. The molecule has 0 radical (unpaired) electrons. The summed E-state index contributed by atoms with van der Waals surface area (Å²) in [6, 6.07) is 31.4. The SMILES string of the molecule is C[C@@]1(CN2CCC(CN3CCCN(c4ccc5c(c4)CN(C4CCC(=O)NC4=O)C5=O)CC3)CC2)CCC(c2ccc(Cl)cc2)=C(CN2CCN(c3ccc(C(=O)NS(=O)(=O)c4ccc(N[C@H](CCN5CCCOCC5)CSc5ccccc5)c(S(=O)(=O)C(F)(F)F)c4)cc3)CC2)C1. The number of carbonyl (C=O) groups excluding carboxylic acids is 4. The van der Waals surface area contributed by atoms with Crippen LogP contribution in [-0.2, 0) is 40.7 Å². The maximum atomic E-state index is 14.4. The van der Waals surface area contributed by atoms with Gasteiger partial charge < -0.3 is 39.5 Å². The molecule has 526 valence electrons. The van der Waals surface area contributed by atoms with Gasteiger partial charge in [-0.05, 0) is 190 Å². The number of fused-ring (bicyclic) bond motifs is 1. The van der Waals surface area contributed by atoms with Crippen molar-refractivity contribution in [3.05, 3.63) is 148 Å². The van der Waals surface area contributed by atoms with Crippen molar-refractivity contribution < 1.29 is 53.9 Å². The van der Waals surface area contributed by atoms with Crippen LogP contribution in [0.4, 0.5) is 30.2 Å². The lowest BCUT2D eigenvalue weighted by molar-refractivity contribution is -0.136. The summed E-state index contributed by atoms with van der Waals surface area (Å²) in [6.07, 6.45) is 8.22. The van der Waals surface area contributed by atoms with Crippen LogP contribution < -0.4 is 25.2 Å². The smallest absolute Gasteiger partial charge is 0.380 e. The number of hydrogen-bond acceptors (Lipinski definition) is 17. The Kier molecular flexibility index (Phi) is 22.6. The van der Waals surface area contributed by atoms with Crippen LogP contribution in [0, 0.1) is 11.3 Å². The highest BCUT2D eigenvalue weighted by molar-refractivity contribution is 7.99. The van der Waals surface area contributed by atoms with Crippen LogP contribution in [0.15, 0.2) is 136 Å². The molecule has 1 unspecified atom stereocenters. The van der Waals surface area contributed by atoms with Gasteiger partial charge in [0.1, 0.15) is 10.9 Å². The van der Waals surface area contributed by atoms with Gasteiger partial charge in [0.15, 0.2) is 0 Å². The van der Waals surface area contributed by atoms with E-state index in [1.165, 1.54) is 40.6 Å². The fourth-order valence-electron chi connectivity index (χ4n) is 15.1. The Bertz CT molecular complexity index is 3950. The van der Waals surface area contributed by atoms with E-state index >= 15 is 0 Å². The molecule has 5 aromatic rings. The molecule has 98 heavy (non-hydrogen) atoms. The number of piperidine rings is 2. The Morgan fingerprint density at radius 3 is 2.19 bits per heavy atom. The Morgan fingerprint density at radius 2 is 1.46 bits per heavy atom. The number of nitrogens with one attached hydrogen (secondary N) is 3. The van der Waals surface area contributed by atoms with E-state index in [9.17, 15) is 49.2 Å². The summed E-state index contributed by atoms with van der Waals surface area (Å²) in [5.74, 6) is -0.898. The molecule has 6 heterocycles. The summed E-state index contributed by atoms with van der Waals surface area (Å²) >= 11 is 7.86. The monoisotopic (exact) mass is 1420 g/mol. The lowest BCUT2D eigenvalue weighted by Crippen LogP contribution is -2.52. The Hall–Kier alpha value is -6.55. The number of thioether (sulfide) groups is 1. The van der Waals surface area contributed by atoms with Crippen LogP contribution in [-0.4, -0.2) is 206 Å².